The Bertz CT molecular complexity index is 752. The van der Waals surface area contributed by atoms with E-state index in [0.717, 1.165) is 28.8 Å². The number of hydrogen-bond donors (Lipinski definition) is 0. The third-order valence-corrected chi connectivity index (χ3v) is 3.69. The standard InChI is InChI=1S/C19H17NO/c1-13-8-10-15(11-9-13)19(21)18-14(2)12-16-6-4-3-5-7-17(16)20-18/h3-5,7-12H,6H2,1-2H3. The maximum atomic E-state index is 12.6. The summed E-state index contributed by atoms with van der Waals surface area (Å²) in [6, 6.07) is 9.71. The number of carbonyl (C=O) groups excluding carboxylic acids is 1. The van der Waals surface area contributed by atoms with E-state index in [-0.39, 0.29) is 5.78 Å². The lowest BCUT2D eigenvalue weighted by molar-refractivity contribution is 0.103. The molecule has 0 radical (unpaired) electrons. The molecule has 0 amide bonds. The second-order valence-electron chi connectivity index (χ2n) is 5.38. The molecule has 3 rings (SSSR count). The molecule has 0 bridgehead atoms. The van der Waals surface area contributed by atoms with Gasteiger partial charge in [0.25, 0.3) is 0 Å². The van der Waals surface area contributed by atoms with Crippen LogP contribution in [0.4, 0.5) is 0 Å². The van der Waals surface area contributed by atoms with Gasteiger partial charge < -0.3 is 0 Å². The van der Waals surface area contributed by atoms with Gasteiger partial charge in [-0.1, -0.05) is 54.1 Å². The lowest BCUT2D eigenvalue weighted by atomic mass is 10.00. The molecule has 104 valence electrons. The Labute approximate surface area is 124 Å². The van der Waals surface area contributed by atoms with Crippen molar-refractivity contribution in [2.75, 3.05) is 0 Å². The van der Waals surface area contributed by atoms with E-state index in [1.807, 2.05) is 56.3 Å². The van der Waals surface area contributed by atoms with Crippen molar-refractivity contribution < 1.29 is 4.79 Å². The number of rotatable bonds is 2. The van der Waals surface area contributed by atoms with E-state index in [0.29, 0.717) is 11.3 Å². The number of pyridine rings is 1. The highest BCUT2D eigenvalue weighted by Gasteiger charge is 2.16. The second kappa shape index (κ2) is 5.49. The first kappa shape index (κ1) is 13.5. The summed E-state index contributed by atoms with van der Waals surface area (Å²) in [6.07, 6.45) is 8.90. The van der Waals surface area contributed by atoms with Crippen LogP contribution in [0.2, 0.25) is 0 Å². The summed E-state index contributed by atoms with van der Waals surface area (Å²) in [7, 11) is 0. The van der Waals surface area contributed by atoms with Crippen LogP contribution in [-0.4, -0.2) is 10.8 Å². The monoisotopic (exact) mass is 275 g/mol. The fourth-order valence-electron chi connectivity index (χ4n) is 2.48. The molecule has 0 spiro atoms. The fourth-order valence-corrected chi connectivity index (χ4v) is 2.48. The number of aromatic nitrogens is 1. The normalized spacial score (nSPS) is 12.9. The molecule has 0 N–H and O–H groups in total. The molecular weight excluding hydrogens is 258 g/mol. The molecule has 0 atom stereocenters. The van der Waals surface area contributed by atoms with Gasteiger partial charge in [0, 0.05) is 5.56 Å². The third kappa shape index (κ3) is 2.70. The zero-order valence-electron chi connectivity index (χ0n) is 12.3. The van der Waals surface area contributed by atoms with E-state index in [9.17, 15) is 4.79 Å². The van der Waals surface area contributed by atoms with E-state index in [4.69, 9.17) is 0 Å². The van der Waals surface area contributed by atoms with Crippen molar-refractivity contribution in [2.45, 2.75) is 20.3 Å². The smallest absolute Gasteiger partial charge is 0.211 e. The lowest BCUT2D eigenvalue weighted by Crippen LogP contribution is -2.09. The molecule has 1 aromatic heterocycles. The number of fused-ring (bicyclic) bond motifs is 1. The summed E-state index contributed by atoms with van der Waals surface area (Å²) in [4.78, 5) is 17.2. The van der Waals surface area contributed by atoms with Crippen LogP contribution in [-0.2, 0) is 6.42 Å². The number of carbonyl (C=O) groups is 1. The highest BCUT2D eigenvalue weighted by atomic mass is 16.1. The molecule has 2 aromatic rings. The van der Waals surface area contributed by atoms with Gasteiger partial charge in [-0.3, -0.25) is 4.79 Å². The Hall–Kier alpha value is -2.48. The van der Waals surface area contributed by atoms with Gasteiger partial charge in [0.2, 0.25) is 5.78 Å². The lowest BCUT2D eigenvalue weighted by Gasteiger charge is -2.09. The van der Waals surface area contributed by atoms with E-state index in [1.165, 1.54) is 0 Å². The van der Waals surface area contributed by atoms with Crippen LogP contribution < -0.4 is 0 Å². The van der Waals surface area contributed by atoms with Crippen molar-refractivity contribution in [3.8, 4) is 0 Å². The van der Waals surface area contributed by atoms with Crippen LogP contribution in [0.5, 0.6) is 0 Å². The average Bonchev–Trinajstić information content (AvgIpc) is 2.71. The molecule has 0 saturated heterocycles. The summed E-state index contributed by atoms with van der Waals surface area (Å²) >= 11 is 0. The molecule has 0 fully saturated rings. The first-order chi connectivity index (χ1) is 10.1. The number of allylic oxidation sites excluding steroid dienone is 3. The average molecular weight is 275 g/mol. The Kier molecular flexibility index (Phi) is 3.53. The fraction of sp³-hybridized carbons (Fsp3) is 0.158. The van der Waals surface area contributed by atoms with Crippen LogP contribution in [0.25, 0.3) is 6.08 Å². The number of hydrogen-bond acceptors (Lipinski definition) is 2. The number of ketones is 1. The molecule has 1 heterocycles. The van der Waals surface area contributed by atoms with Crippen molar-refractivity contribution in [1.82, 2.24) is 4.98 Å². The van der Waals surface area contributed by atoms with Crippen LogP contribution in [0.1, 0.15) is 38.4 Å². The summed E-state index contributed by atoms with van der Waals surface area (Å²) in [5.74, 6) is -0.0130. The van der Waals surface area contributed by atoms with Crippen molar-refractivity contribution in [1.29, 1.82) is 0 Å². The van der Waals surface area contributed by atoms with Crippen molar-refractivity contribution in [2.24, 2.45) is 0 Å². The highest BCUT2D eigenvalue weighted by Crippen LogP contribution is 2.20. The minimum Gasteiger partial charge on any atom is -0.287 e. The van der Waals surface area contributed by atoms with Gasteiger partial charge in [0.05, 0.1) is 5.69 Å². The minimum absolute atomic E-state index is 0.0130. The summed E-state index contributed by atoms with van der Waals surface area (Å²) in [6.45, 7) is 3.96. The second-order valence-corrected chi connectivity index (χ2v) is 5.38. The summed E-state index contributed by atoms with van der Waals surface area (Å²) in [5, 5.41) is 0. The Morgan fingerprint density at radius 2 is 1.86 bits per heavy atom. The summed E-state index contributed by atoms with van der Waals surface area (Å²) < 4.78 is 0. The van der Waals surface area contributed by atoms with Crippen LogP contribution in [0.15, 0.2) is 48.6 Å². The van der Waals surface area contributed by atoms with Gasteiger partial charge in [-0.15, -0.1) is 0 Å². The maximum absolute atomic E-state index is 12.6. The Balaban J connectivity index is 2.04. The topological polar surface area (TPSA) is 30.0 Å². The number of benzene rings is 1. The molecule has 0 saturated carbocycles. The molecule has 0 aliphatic heterocycles. The number of nitrogens with zero attached hydrogens (tertiary/aromatic N) is 1. The van der Waals surface area contributed by atoms with Gasteiger partial charge in [-0.2, -0.15) is 0 Å². The van der Waals surface area contributed by atoms with Crippen LogP contribution in [0.3, 0.4) is 0 Å². The van der Waals surface area contributed by atoms with Gasteiger partial charge >= 0.3 is 0 Å². The van der Waals surface area contributed by atoms with Crippen molar-refractivity contribution in [3.63, 3.8) is 0 Å². The first-order valence-corrected chi connectivity index (χ1v) is 7.10. The minimum atomic E-state index is -0.0130. The Morgan fingerprint density at radius 1 is 1.10 bits per heavy atom. The molecule has 1 aliphatic carbocycles. The van der Waals surface area contributed by atoms with E-state index in [1.54, 1.807) is 0 Å². The molecule has 2 heteroatoms. The van der Waals surface area contributed by atoms with Crippen molar-refractivity contribution in [3.05, 3.63) is 82.2 Å². The highest BCUT2D eigenvalue weighted by molar-refractivity contribution is 6.08. The van der Waals surface area contributed by atoms with E-state index in [2.05, 4.69) is 17.1 Å². The van der Waals surface area contributed by atoms with E-state index < -0.39 is 0 Å². The van der Waals surface area contributed by atoms with E-state index >= 15 is 0 Å². The van der Waals surface area contributed by atoms with Gasteiger partial charge in [-0.05, 0) is 37.5 Å². The summed E-state index contributed by atoms with van der Waals surface area (Å²) in [5.41, 5.74) is 5.37. The largest absolute Gasteiger partial charge is 0.287 e. The molecule has 2 nitrogen and oxygen atoms in total. The van der Waals surface area contributed by atoms with Crippen LogP contribution in [0, 0.1) is 13.8 Å². The SMILES string of the molecule is Cc1ccc(C(=O)c2nc3c(cc2C)CC=CC=C3)cc1. The third-order valence-electron chi connectivity index (χ3n) is 3.69. The predicted octanol–water partition coefficient (Wildman–Crippen LogP) is 4.05. The van der Waals surface area contributed by atoms with Crippen LogP contribution >= 0.6 is 0 Å². The van der Waals surface area contributed by atoms with Gasteiger partial charge in [0.15, 0.2) is 0 Å². The zero-order chi connectivity index (χ0) is 14.8. The molecule has 0 unspecified atom stereocenters. The maximum Gasteiger partial charge on any atom is 0.211 e. The zero-order valence-corrected chi connectivity index (χ0v) is 12.3. The predicted molar refractivity (Wildman–Crippen MR) is 85.5 cm³/mol. The Morgan fingerprint density at radius 3 is 2.62 bits per heavy atom. The molecule has 1 aromatic carbocycles. The number of aryl methyl sites for hydroxylation is 2. The van der Waals surface area contributed by atoms with Gasteiger partial charge in [0.1, 0.15) is 5.69 Å². The van der Waals surface area contributed by atoms with Crippen molar-refractivity contribution >= 4 is 11.9 Å². The molecule has 1 aliphatic rings. The molecular formula is C19H17NO. The molecule has 21 heavy (non-hydrogen) atoms. The quantitative estimate of drug-likeness (QED) is 0.774. The van der Waals surface area contributed by atoms with Gasteiger partial charge in [-0.25, -0.2) is 4.98 Å². The first-order valence-electron chi connectivity index (χ1n) is 7.10.